The summed E-state index contributed by atoms with van der Waals surface area (Å²) < 4.78 is 0. The highest BCUT2D eigenvalue weighted by Crippen LogP contribution is 2.32. The standard InChI is InChI=1S/C18H25N3/c1-2-16(13-7-4-3-5-8-13)21-17-11-10-15(19)14-9-6-12-20-18(14)17/h6,9-13,16,21H,2-5,7-8,19H2,1H3. The van der Waals surface area contributed by atoms with Crippen LogP contribution in [0.15, 0.2) is 30.5 Å². The topological polar surface area (TPSA) is 50.9 Å². The summed E-state index contributed by atoms with van der Waals surface area (Å²) in [5.41, 5.74) is 8.98. The van der Waals surface area contributed by atoms with Crippen molar-refractivity contribution in [3.63, 3.8) is 0 Å². The van der Waals surface area contributed by atoms with E-state index in [1.165, 1.54) is 32.1 Å². The molecule has 0 saturated heterocycles. The van der Waals surface area contributed by atoms with E-state index in [9.17, 15) is 0 Å². The van der Waals surface area contributed by atoms with Crippen LogP contribution in [0, 0.1) is 5.92 Å². The highest BCUT2D eigenvalue weighted by atomic mass is 14.9. The number of nitrogens with zero attached hydrogens (tertiary/aromatic N) is 1. The molecule has 1 aliphatic rings. The van der Waals surface area contributed by atoms with Crippen molar-refractivity contribution in [3.05, 3.63) is 30.5 Å². The fourth-order valence-electron chi connectivity index (χ4n) is 3.60. The van der Waals surface area contributed by atoms with Crippen molar-refractivity contribution in [2.45, 2.75) is 51.5 Å². The molecule has 0 radical (unpaired) electrons. The third-order valence-corrected chi connectivity index (χ3v) is 4.80. The number of anilines is 2. The Kier molecular flexibility index (Phi) is 4.28. The molecule has 1 aliphatic carbocycles. The van der Waals surface area contributed by atoms with Crippen molar-refractivity contribution in [1.29, 1.82) is 0 Å². The Balaban J connectivity index is 1.87. The number of benzene rings is 1. The number of hydrogen-bond acceptors (Lipinski definition) is 3. The predicted octanol–water partition coefficient (Wildman–Crippen LogP) is 4.59. The normalized spacial score (nSPS) is 17.8. The molecule has 1 heterocycles. The Morgan fingerprint density at radius 1 is 1.24 bits per heavy atom. The van der Waals surface area contributed by atoms with Gasteiger partial charge >= 0.3 is 0 Å². The lowest BCUT2D eigenvalue weighted by Gasteiger charge is -2.31. The van der Waals surface area contributed by atoms with Gasteiger partial charge in [0.2, 0.25) is 0 Å². The summed E-state index contributed by atoms with van der Waals surface area (Å²) in [5, 5.41) is 4.79. The van der Waals surface area contributed by atoms with Gasteiger partial charge in [-0.3, -0.25) is 4.98 Å². The smallest absolute Gasteiger partial charge is 0.0953 e. The monoisotopic (exact) mass is 283 g/mol. The SMILES string of the molecule is CCC(Nc1ccc(N)c2cccnc12)C1CCCCC1. The van der Waals surface area contributed by atoms with E-state index >= 15 is 0 Å². The molecule has 0 amide bonds. The molecule has 3 heteroatoms. The van der Waals surface area contributed by atoms with Gasteiger partial charge in [0.1, 0.15) is 0 Å². The first-order chi connectivity index (χ1) is 10.3. The van der Waals surface area contributed by atoms with Gasteiger partial charge in [0, 0.05) is 23.3 Å². The van der Waals surface area contributed by atoms with E-state index in [2.05, 4.69) is 23.3 Å². The summed E-state index contributed by atoms with van der Waals surface area (Å²) >= 11 is 0. The Morgan fingerprint density at radius 2 is 2.05 bits per heavy atom. The number of fused-ring (bicyclic) bond motifs is 1. The van der Waals surface area contributed by atoms with Gasteiger partial charge in [0.25, 0.3) is 0 Å². The summed E-state index contributed by atoms with van der Waals surface area (Å²) in [4.78, 5) is 4.53. The molecule has 1 fully saturated rings. The fourth-order valence-corrected chi connectivity index (χ4v) is 3.60. The molecule has 3 N–H and O–H groups in total. The van der Waals surface area contributed by atoms with E-state index in [-0.39, 0.29) is 0 Å². The molecule has 112 valence electrons. The number of hydrogen-bond donors (Lipinski definition) is 2. The lowest BCUT2D eigenvalue weighted by Crippen LogP contribution is -2.30. The second-order valence-electron chi connectivity index (χ2n) is 6.16. The van der Waals surface area contributed by atoms with Crippen LogP contribution >= 0.6 is 0 Å². The van der Waals surface area contributed by atoms with E-state index in [4.69, 9.17) is 5.73 Å². The summed E-state index contributed by atoms with van der Waals surface area (Å²) in [7, 11) is 0. The van der Waals surface area contributed by atoms with Gasteiger partial charge in [0.15, 0.2) is 0 Å². The molecule has 0 spiro atoms. The maximum atomic E-state index is 6.06. The third-order valence-electron chi connectivity index (χ3n) is 4.80. The van der Waals surface area contributed by atoms with E-state index in [1.54, 1.807) is 0 Å². The van der Waals surface area contributed by atoms with E-state index in [0.29, 0.717) is 6.04 Å². The zero-order valence-corrected chi connectivity index (χ0v) is 12.8. The minimum absolute atomic E-state index is 0.541. The predicted molar refractivity (Wildman–Crippen MR) is 90.4 cm³/mol. The molecule has 2 aromatic rings. The van der Waals surface area contributed by atoms with Crippen LogP contribution in [0.4, 0.5) is 11.4 Å². The van der Waals surface area contributed by atoms with Crippen molar-refractivity contribution < 1.29 is 0 Å². The molecule has 1 unspecified atom stereocenters. The molecular weight excluding hydrogens is 258 g/mol. The Morgan fingerprint density at radius 3 is 2.81 bits per heavy atom. The molecule has 21 heavy (non-hydrogen) atoms. The van der Waals surface area contributed by atoms with Crippen LogP contribution < -0.4 is 11.1 Å². The largest absolute Gasteiger partial charge is 0.398 e. The Labute approximate surface area is 127 Å². The van der Waals surface area contributed by atoms with Crippen molar-refractivity contribution in [2.75, 3.05) is 11.1 Å². The zero-order valence-electron chi connectivity index (χ0n) is 12.8. The summed E-state index contributed by atoms with van der Waals surface area (Å²) in [6.45, 7) is 2.28. The molecule has 0 bridgehead atoms. The molecule has 0 aliphatic heterocycles. The Bertz CT molecular complexity index is 602. The average molecular weight is 283 g/mol. The second kappa shape index (κ2) is 6.33. The molecule has 1 saturated carbocycles. The lowest BCUT2D eigenvalue weighted by atomic mass is 9.83. The third kappa shape index (κ3) is 2.97. The number of nitrogens with one attached hydrogen (secondary N) is 1. The number of nitrogens with two attached hydrogens (primary N) is 1. The van der Waals surface area contributed by atoms with Gasteiger partial charge in [-0.25, -0.2) is 0 Å². The second-order valence-corrected chi connectivity index (χ2v) is 6.16. The average Bonchev–Trinajstić information content (AvgIpc) is 2.55. The molecular formula is C18H25N3. The number of nitrogen functional groups attached to an aromatic ring is 1. The molecule has 1 atom stereocenters. The van der Waals surface area contributed by atoms with Crippen LogP contribution in [0.1, 0.15) is 45.4 Å². The summed E-state index contributed by atoms with van der Waals surface area (Å²) in [5.74, 6) is 0.792. The van der Waals surface area contributed by atoms with Crippen LogP contribution in [0.2, 0.25) is 0 Å². The van der Waals surface area contributed by atoms with Gasteiger partial charge in [-0.05, 0) is 49.4 Å². The maximum Gasteiger partial charge on any atom is 0.0953 e. The number of pyridine rings is 1. The first-order valence-electron chi connectivity index (χ1n) is 8.19. The van der Waals surface area contributed by atoms with Gasteiger partial charge < -0.3 is 11.1 Å². The minimum Gasteiger partial charge on any atom is -0.398 e. The lowest BCUT2D eigenvalue weighted by molar-refractivity contribution is 0.313. The fraction of sp³-hybridized carbons (Fsp3) is 0.500. The van der Waals surface area contributed by atoms with Crippen molar-refractivity contribution >= 4 is 22.3 Å². The summed E-state index contributed by atoms with van der Waals surface area (Å²) in [6.07, 6.45) is 9.86. The van der Waals surface area contributed by atoms with Crippen LogP contribution in [0.25, 0.3) is 10.9 Å². The van der Waals surface area contributed by atoms with Gasteiger partial charge in [-0.1, -0.05) is 26.2 Å². The molecule has 3 nitrogen and oxygen atoms in total. The van der Waals surface area contributed by atoms with Crippen molar-refractivity contribution in [2.24, 2.45) is 5.92 Å². The van der Waals surface area contributed by atoms with Crippen LogP contribution in [-0.2, 0) is 0 Å². The summed E-state index contributed by atoms with van der Waals surface area (Å²) in [6, 6.07) is 8.60. The zero-order chi connectivity index (χ0) is 14.7. The van der Waals surface area contributed by atoms with Crippen LogP contribution in [0.3, 0.4) is 0 Å². The van der Waals surface area contributed by atoms with Crippen molar-refractivity contribution in [1.82, 2.24) is 4.98 Å². The van der Waals surface area contributed by atoms with Gasteiger partial charge in [-0.2, -0.15) is 0 Å². The molecule has 1 aromatic carbocycles. The number of aromatic nitrogens is 1. The first kappa shape index (κ1) is 14.2. The van der Waals surface area contributed by atoms with Crippen LogP contribution in [-0.4, -0.2) is 11.0 Å². The van der Waals surface area contributed by atoms with E-state index in [0.717, 1.165) is 34.6 Å². The van der Waals surface area contributed by atoms with E-state index < -0.39 is 0 Å². The molecule has 1 aromatic heterocycles. The quantitative estimate of drug-likeness (QED) is 0.807. The van der Waals surface area contributed by atoms with E-state index in [1.807, 2.05) is 24.4 Å². The highest BCUT2D eigenvalue weighted by Gasteiger charge is 2.22. The molecule has 3 rings (SSSR count). The van der Waals surface area contributed by atoms with Gasteiger partial charge in [0.05, 0.1) is 11.2 Å². The highest BCUT2D eigenvalue weighted by molar-refractivity contribution is 5.98. The van der Waals surface area contributed by atoms with Crippen LogP contribution in [0.5, 0.6) is 0 Å². The minimum atomic E-state index is 0.541. The maximum absolute atomic E-state index is 6.06. The van der Waals surface area contributed by atoms with Crippen molar-refractivity contribution in [3.8, 4) is 0 Å². The first-order valence-corrected chi connectivity index (χ1v) is 8.19. The van der Waals surface area contributed by atoms with Gasteiger partial charge in [-0.15, -0.1) is 0 Å². The Hall–Kier alpha value is -1.77. The number of rotatable bonds is 4.